The van der Waals surface area contributed by atoms with Gasteiger partial charge in [0.15, 0.2) is 0 Å². The van der Waals surface area contributed by atoms with Crippen molar-refractivity contribution in [3.63, 3.8) is 0 Å². The van der Waals surface area contributed by atoms with E-state index in [1.807, 2.05) is 32.0 Å². The molecule has 0 aromatic carbocycles. The topological polar surface area (TPSA) is 42.0 Å². The number of hydrogen-bond acceptors (Lipinski definition) is 2. The summed E-state index contributed by atoms with van der Waals surface area (Å²) >= 11 is 0. The Kier molecular flexibility index (Phi) is 3.99. The third-order valence-electron chi connectivity index (χ3n) is 2.22. The lowest BCUT2D eigenvalue weighted by Crippen LogP contribution is -2.42. The second kappa shape index (κ2) is 5.05. The van der Waals surface area contributed by atoms with Crippen LogP contribution >= 0.6 is 0 Å². The molecule has 1 amide bonds. The number of halogens is 1. The molecule has 3 nitrogen and oxygen atoms in total. The lowest BCUT2D eigenvalue weighted by Gasteiger charge is -2.25. The van der Waals surface area contributed by atoms with Crippen LogP contribution in [0.3, 0.4) is 0 Å². The first-order valence-corrected chi connectivity index (χ1v) is 5.28. The zero-order valence-corrected chi connectivity index (χ0v) is 9.83. The van der Waals surface area contributed by atoms with Gasteiger partial charge in [0.05, 0.1) is 17.7 Å². The van der Waals surface area contributed by atoms with Crippen molar-refractivity contribution in [3.05, 3.63) is 30.1 Å². The molecule has 1 aromatic heterocycles. The molecule has 0 aliphatic rings. The number of alkyl halides is 1. The van der Waals surface area contributed by atoms with E-state index in [1.165, 1.54) is 6.92 Å². The average Bonchev–Trinajstić information content (AvgIpc) is 2.16. The van der Waals surface area contributed by atoms with Gasteiger partial charge in [-0.05, 0) is 32.9 Å². The molecule has 0 unspecified atom stereocenters. The van der Waals surface area contributed by atoms with Gasteiger partial charge in [0, 0.05) is 6.20 Å². The Morgan fingerprint density at radius 1 is 1.56 bits per heavy atom. The van der Waals surface area contributed by atoms with E-state index in [2.05, 4.69) is 10.3 Å². The molecule has 0 fully saturated rings. The lowest BCUT2D eigenvalue weighted by atomic mass is 9.99. The maximum absolute atomic E-state index is 12.7. The highest BCUT2D eigenvalue weighted by Gasteiger charge is 2.24. The van der Waals surface area contributed by atoms with Crippen molar-refractivity contribution in [1.29, 1.82) is 0 Å². The van der Waals surface area contributed by atoms with E-state index in [-0.39, 0.29) is 12.3 Å². The van der Waals surface area contributed by atoms with Crippen molar-refractivity contribution in [2.75, 3.05) is 0 Å². The minimum Gasteiger partial charge on any atom is -0.345 e. The summed E-state index contributed by atoms with van der Waals surface area (Å²) in [4.78, 5) is 15.6. The van der Waals surface area contributed by atoms with Gasteiger partial charge in [-0.1, -0.05) is 6.07 Å². The maximum atomic E-state index is 12.7. The van der Waals surface area contributed by atoms with Crippen LogP contribution in [0.4, 0.5) is 4.39 Å². The molecule has 0 aliphatic carbocycles. The molecule has 0 aliphatic heterocycles. The molecule has 16 heavy (non-hydrogen) atoms. The van der Waals surface area contributed by atoms with Crippen LogP contribution in [-0.2, 0) is 10.3 Å². The molecule has 1 aromatic rings. The monoisotopic (exact) mass is 224 g/mol. The van der Waals surface area contributed by atoms with Gasteiger partial charge in [-0.2, -0.15) is 0 Å². The zero-order valence-electron chi connectivity index (χ0n) is 9.83. The Hall–Kier alpha value is -1.45. The lowest BCUT2D eigenvalue weighted by molar-refractivity contribution is -0.123. The fourth-order valence-corrected chi connectivity index (χ4v) is 1.45. The van der Waals surface area contributed by atoms with Gasteiger partial charge in [-0.25, -0.2) is 4.39 Å². The molecule has 0 saturated heterocycles. The van der Waals surface area contributed by atoms with E-state index >= 15 is 0 Å². The van der Waals surface area contributed by atoms with Crippen LogP contribution in [0.2, 0.25) is 0 Å². The first-order chi connectivity index (χ1) is 7.42. The largest absolute Gasteiger partial charge is 0.345 e. The standard InChI is InChI=1S/C12H17FN2O/c1-9(13)8-11(16)15-12(2,3)10-6-4-5-7-14-10/h4-7,9H,8H2,1-3H3,(H,15,16)/t9-/m0/s1. The highest BCUT2D eigenvalue weighted by Crippen LogP contribution is 2.17. The minimum atomic E-state index is -1.13. The molecular formula is C12H17FN2O. The number of amides is 1. The molecule has 4 heteroatoms. The molecule has 1 rings (SSSR count). The highest BCUT2D eigenvalue weighted by atomic mass is 19.1. The highest BCUT2D eigenvalue weighted by molar-refractivity contribution is 5.77. The number of nitrogens with one attached hydrogen (secondary N) is 1. The average molecular weight is 224 g/mol. The second-order valence-electron chi connectivity index (χ2n) is 4.37. The van der Waals surface area contributed by atoms with Crippen molar-refractivity contribution in [2.24, 2.45) is 0 Å². The van der Waals surface area contributed by atoms with Crippen LogP contribution in [0.1, 0.15) is 32.9 Å². The smallest absolute Gasteiger partial charge is 0.223 e. The Balaban J connectivity index is 2.69. The van der Waals surface area contributed by atoms with E-state index < -0.39 is 11.7 Å². The van der Waals surface area contributed by atoms with Crippen molar-refractivity contribution < 1.29 is 9.18 Å². The van der Waals surface area contributed by atoms with E-state index in [9.17, 15) is 9.18 Å². The van der Waals surface area contributed by atoms with Gasteiger partial charge < -0.3 is 5.32 Å². The van der Waals surface area contributed by atoms with Gasteiger partial charge in [0.2, 0.25) is 5.91 Å². The number of nitrogens with zero attached hydrogens (tertiary/aromatic N) is 1. The molecule has 0 spiro atoms. The van der Waals surface area contributed by atoms with E-state index in [0.29, 0.717) is 0 Å². The van der Waals surface area contributed by atoms with Crippen molar-refractivity contribution in [2.45, 2.75) is 38.9 Å². The molecule has 0 radical (unpaired) electrons. The van der Waals surface area contributed by atoms with Gasteiger partial charge in [0.25, 0.3) is 0 Å². The fourth-order valence-electron chi connectivity index (χ4n) is 1.45. The summed E-state index contributed by atoms with van der Waals surface area (Å²) in [6.07, 6.45) is 0.427. The Morgan fingerprint density at radius 3 is 2.75 bits per heavy atom. The van der Waals surface area contributed by atoms with Gasteiger partial charge >= 0.3 is 0 Å². The van der Waals surface area contributed by atoms with Crippen molar-refractivity contribution in [3.8, 4) is 0 Å². The Labute approximate surface area is 95.1 Å². The second-order valence-corrected chi connectivity index (χ2v) is 4.37. The summed E-state index contributed by atoms with van der Waals surface area (Å²) in [5, 5.41) is 2.76. The van der Waals surface area contributed by atoms with E-state index in [4.69, 9.17) is 0 Å². The van der Waals surface area contributed by atoms with Crippen molar-refractivity contribution in [1.82, 2.24) is 10.3 Å². The molecule has 1 N–H and O–H groups in total. The summed E-state index contributed by atoms with van der Waals surface area (Å²) in [7, 11) is 0. The van der Waals surface area contributed by atoms with Crippen LogP contribution in [0.25, 0.3) is 0 Å². The molecule has 1 atom stereocenters. The molecular weight excluding hydrogens is 207 g/mol. The van der Waals surface area contributed by atoms with Crippen LogP contribution in [0.15, 0.2) is 24.4 Å². The molecule has 0 bridgehead atoms. The zero-order chi connectivity index (χ0) is 12.2. The SMILES string of the molecule is C[C@H](F)CC(=O)NC(C)(C)c1ccccn1. The quantitative estimate of drug-likeness (QED) is 0.851. The van der Waals surface area contributed by atoms with Gasteiger partial charge in [0.1, 0.15) is 6.17 Å². The number of carbonyl (C=O) groups is 1. The Morgan fingerprint density at radius 2 is 2.25 bits per heavy atom. The Bertz CT molecular complexity index is 349. The summed E-state index contributed by atoms with van der Waals surface area (Å²) in [5.41, 5.74) is 0.183. The number of pyridine rings is 1. The molecule has 0 saturated carbocycles. The number of hydrogen-bond donors (Lipinski definition) is 1. The first-order valence-electron chi connectivity index (χ1n) is 5.28. The third-order valence-corrected chi connectivity index (χ3v) is 2.22. The molecule has 1 heterocycles. The summed E-state index contributed by atoms with van der Waals surface area (Å²) in [6.45, 7) is 5.06. The maximum Gasteiger partial charge on any atom is 0.223 e. The van der Waals surface area contributed by atoms with Crippen molar-refractivity contribution >= 4 is 5.91 Å². The number of rotatable bonds is 4. The van der Waals surface area contributed by atoms with E-state index in [1.54, 1.807) is 6.20 Å². The number of aromatic nitrogens is 1. The van der Waals surface area contributed by atoms with Gasteiger partial charge in [-0.15, -0.1) is 0 Å². The summed E-state index contributed by atoms with van der Waals surface area (Å²) in [5.74, 6) is -0.300. The predicted molar refractivity (Wildman–Crippen MR) is 60.6 cm³/mol. The number of carbonyl (C=O) groups excluding carboxylic acids is 1. The third kappa shape index (κ3) is 3.61. The van der Waals surface area contributed by atoms with Crippen LogP contribution in [0, 0.1) is 0 Å². The summed E-state index contributed by atoms with van der Waals surface area (Å²) in [6, 6.07) is 5.50. The van der Waals surface area contributed by atoms with Crippen LogP contribution in [0.5, 0.6) is 0 Å². The van der Waals surface area contributed by atoms with Crippen LogP contribution < -0.4 is 5.32 Å². The first kappa shape index (κ1) is 12.6. The van der Waals surface area contributed by atoms with Crippen LogP contribution in [-0.4, -0.2) is 17.1 Å². The minimum absolute atomic E-state index is 0.115. The molecule has 88 valence electrons. The van der Waals surface area contributed by atoms with Gasteiger partial charge in [-0.3, -0.25) is 9.78 Å². The normalized spacial score (nSPS) is 13.2. The van der Waals surface area contributed by atoms with E-state index in [0.717, 1.165) is 5.69 Å². The fraction of sp³-hybridized carbons (Fsp3) is 0.500. The predicted octanol–water partition coefficient (Wildman–Crippen LogP) is 2.18. The summed E-state index contributed by atoms with van der Waals surface area (Å²) < 4.78 is 12.7.